The van der Waals surface area contributed by atoms with Crippen molar-refractivity contribution in [1.82, 2.24) is 0 Å². The lowest BCUT2D eigenvalue weighted by atomic mass is 9.90. The van der Waals surface area contributed by atoms with Crippen LogP contribution in [0.1, 0.15) is 30.6 Å². The monoisotopic (exact) mass is 460 g/mol. The minimum Gasteiger partial charge on any atom is -0.493 e. The van der Waals surface area contributed by atoms with Gasteiger partial charge in [0.15, 0.2) is 17.3 Å². The smallest absolute Gasteiger partial charge is 0.412 e. The Hall–Kier alpha value is -4.00. The highest BCUT2D eigenvalue weighted by molar-refractivity contribution is 6.18. The maximum absolute atomic E-state index is 13.7. The number of amides is 1. The Morgan fingerprint density at radius 1 is 1.09 bits per heavy atom. The largest absolute Gasteiger partial charge is 0.493 e. The second-order valence-corrected chi connectivity index (χ2v) is 8.16. The number of ether oxygens (including phenoxy) is 2. The Labute approximate surface area is 198 Å². The number of hydrogen-bond donors (Lipinski definition) is 1. The number of fused-ring (bicyclic) bond motifs is 2. The number of nitrogens with zero attached hydrogens (tertiary/aromatic N) is 2. The fourth-order valence-corrected chi connectivity index (χ4v) is 4.50. The van der Waals surface area contributed by atoms with Gasteiger partial charge in [-0.05, 0) is 30.9 Å². The predicted octanol–water partition coefficient (Wildman–Crippen LogP) is 5.73. The topological polar surface area (TPSA) is 79.3 Å². The molecule has 0 saturated heterocycles. The number of carbonyl (C=O) groups excluding carboxylic acids is 1. The zero-order valence-corrected chi connectivity index (χ0v) is 19.7. The van der Waals surface area contributed by atoms with E-state index in [0.29, 0.717) is 23.6 Å². The lowest BCUT2D eigenvalue weighted by molar-refractivity contribution is 0.102. The van der Waals surface area contributed by atoms with Gasteiger partial charge >= 0.3 is 6.09 Å². The molecule has 0 aromatic heterocycles. The standard InChI is InChI=1S/C27H28N2O5/c1-5-13-28(22-12-8-10-18-9-6-7-11-19(18)22)16-21-17(2)29(27(31)32)23-15-25(34-4)24(33-3)14-20(23)26(21)30/h6-12,14-17H,5,13H2,1-4H3,(H,31,32). The number of anilines is 2. The molecule has 1 aliphatic heterocycles. The molecule has 1 aliphatic rings. The molecule has 0 spiro atoms. The van der Waals surface area contributed by atoms with Gasteiger partial charge in [-0.25, -0.2) is 4.79 Å². The Morgan fingerprint density at radius 2 is 1.76 bits per heavy atom. The summed E-state index contributed by atoms with van der Waals surface area (Å²) < 4.78 is 10.7. The SMILES string of the molecule is CCCN(C=C1C(=O)c2cc(OC)c(OC)cc2N(C(=O)O)C1C)c1cccc2ccccc12. The molecule has 1 heterocycles. The van der Waals surface area contributed by atoms with E-state index in [2.05, 4.69) is 6.92 Å². The van der Waals surface area contributed by atoms with Gasteiger partial charge in [-0.3, -0.25) is 9.69 Å². The fraction of sp³-hybridized carbons (Fsp3) is 0.259. The van der Waals surface area contributed by atoms with Crippen molar-refractivity contribution in [2.45, 2.75) is 26.3 Å². The van der Waals surface area contributed by atoms with Gasteiger partial charge in [0.2, 0.25) is 0 Å². The minimum absolute atomic E-state index is 0.234. The molecule has 0 bridgehead atoms. The normalized spacial score (nSPS) is 16.5. The number of carbonyl (C=O) groups is 2. The maximum atomic E-state index is 13.7. The van der Waals surface area contributed by atoms with E-state index in [1.54, 1.807) is 25.3 Å². The zero-order valence-electron chi connectivity index (χ0n) is 19.7. The highest BCUT2D eigenvalue weighted by atomic mass is 16.5. The van der Waals surface area contributed by atoms with Gasteiger partial charge in [0.05, 0.1) is 31.5 Å². The third-order valence-electron chi connectivity index (χ3n) is 6.15. The molecule has 4 rings (SSSR count). The summed E-state index contributed by atoms with van der Waals surface area (Å²) in [6.07, 6.45) is 1.50. The van der Waals surface area contributed by atoms with Gasteiger partial charge in [-0.1, -0.05) is 43.3 Å². The number of rotatable bonds is 6. The lowest BCUT2D eigenvalue weighted by Crippen LogP contribution is -2.45. The molecule has 1 N–H and O–H groups in total. The average molecular weight is 461 g/mol. The van der Waals surface area contributed by atoms with Crippen molar-refractivity contribution in [3.63, 3.8) is 0 Å². The summed E-state index contributed by atoms with van der Waals surface area (Å²) >= 11 is 0. The van der Waals surface area contributed by atoms with E-state index in [4.69, 9.17) is 9.47 Å². The van der Waals surface area contributed by atoms with Crippen molar-refractivity contribution in [2.24, 2.45) is 0 Å². The predicted molar refractivity (Wildman–Crippen MR) is 134 cm³/mol. The molecule has 0 fully saturated rings. The van der Waals surface area contributed by atoms with Crippen LogP contribution in [0.15, 0.2) is 66.4 Å². The Bertz CT molecular complexity index is 1280. The Kier molecular flexibility index (Phi) is 6.45. The molecular weight excluding hydrogens is 432 g/mol. The second kappa shape index (κ2) is 9.47. The summed E-state index contributed by atoms with van der Waals surface area (Å²) in [6.45, 7) is 4.47. The molecule has 7 heteroatoms. The third-order valence-corrected chi connectivity index (χ3v) is 6.15. The van der Waals surface area contributed by atoms with Gasteiger partial charge in [-0.2, -0.15) is 0 Å². The highest BCUT2D eigenvalue weighted by Gasteiger charge is 2.38. The molecular formula is C27H28N2O5. The molecule has 0 radical (unpaired) electrons. The molecule has 1 amide bonds. The lowest BCUT2D eigenvalue weighted by Gasteiger charge is -2.35. The van der Waals surface area contributed by atoms with Crippen molar-refractivity contribution in [2.75, 3.05) is 30.6 Å². The molecule has 34 heavy (non-hydrogen) atoms. The van der Waals surface area contributed by atoms with Gasteiger partial charge in [0.1, 0.15) is 0 Å². The van der Waals surface area contributed by atoms with Gasteiger partial charge < -0.3 is 19.5 Å². The molecule has 3 aromatic carbocycles. The van der Waals surface area contributed by atoms with Crippen LogP contribution in [0.25, 0.3) is 10.8 Å². The van der Waals surface area contributed by atoms with Crippen molar-refractivity contribution < 1.29 is 24.2 Å². The summed E-state index contributed by atoms with van der Waals surface area (Å²) in [4.78, 5) is 29.2. The zero-order chi connectivity index (χ0) is 24.4. The number of methoxy groups -OCH3 is 2. The van der Waals surface area contributed by atoms with Crippen LogP contribution < -0.4 is 19.3 Å². The van der Waals surface area contributed by atoms with Crippen molar-refractivity contribution in [1.29, 1.82) is 0 Å². The third kappa shape index (κ3) is 3.94. The number of ketones is 1. The van der Waals surface area contributed by atoms with E-state index >= 15 is 0 Å². The first-order chi connectivity index (χ1) is 16.4. The average Bonchev–Trinajstić information content (AvgIpc) is 2.84. The van der Waals surface area contributed by atoms with Crippen LogP contribution in [0.5, 0.6) is 11.5 Å². The molecule has 7 nitrogen and oxygen atoms in total. The molecule has 176 valence electrons. The Balaban J connectivity index is 1.89. The van der Waals surface area contributed by atoms with Crippen LogP contribution in [0.2, 0.25) is 0 Å². The summed E-state index contributed by atoms with van der Waals surface area (Å²) in [5, 5.41) is 12.2. The van der Waals surface area contributed by atoms with Crippen LogP contribution in [-0.2, 0) is 0 Å². The van der Waals surface area contributed by atoms with Crippen molar-refractivity contribution in [3.05, 3.63) is 71.9 Å². The molecule has 1 atom stereocenters. The first-order valence-corrected chi connectivity index (χ1v) is 11.2. The van der Waals surface area contributed by atoms with E-state index in [9.17, 15) is 14.7 Å². The molecule has 0 saturated carbocycles. The van der Waals surface area contributed by atoms with E-state index < -0.39 is 12.1 Å². The van der Waals surface area contributed by atoms with Crippen molar-refractivity contribution >= 4 is 34.0 Å². The van der Waals surface area contributed by atoms with Gasteiger partial charge in [0.25, 0.3) is 0 Å². The van der Waals surface area contributed by atoms with E-state index in [0.717, 1.165) is 22.9 Å². The first-order valence-electron chi connectivity index (χ1n) is 11.2. The van der Waals surface area contributed by atoms with Crippen LogP contribution in [0.4, 0.5) is 16.2 Å². The number of hydrogen-bond acceptors (Lipinski definition) is 5. The molecule has 1 unspecified atom stereocenters. The summed E-state index contributed by atoms with van der Waals surface area (Å²) in [5.74, 6) is 0.499. The number of carboxylic acid groups (broad SMARTS) is 1. The van der Waals surface area contributed by atoms with Crippen LogP contribution in [0, 0.1) is 0 Å². The summed E-state index contributed by atoms with van der Waals surface area (Å²) in [5.41, 5.74) is 1.90. The number of Topliss-reactive ketones (excluding diaryl/α,β-unsaturated/α-hetero) is 1. The van der Waals surface area contributed by atoms with Crippen LogP contribution in [-0.4, -0.2) is 43.8 Å². The molecule has 3 aromatic rings. The quantitative estimate of drug-likeness (QED) is 0.474. The molecule has 0 aliphatic carbocycles. The summed E-state index contributed by atoms with van der Waals surface area (Å²) in [6, 6.07) is 16.5. The summed E-state index contributed by atoms with van der Waals surface area (Å²) in [7, 11) is 2.96. The van der Waals surface area contributed by atoms with E-state index in [1.165, 1.54) is 19.1 Å². The van der Waals surface area contributed by atoms with E-state index in [1.807, 2.05) is 47.4 Å². The number of benzene rings is 3. The van der Waals surface area contributed by atoms with Gasteiger partial charge in [-0.15, -0.1) is 0 Å². The first kappa shape index (κ1) is 23.2. The Morgan fingerprint density at radius 3 is 2.44 bits per heavy atom. The van der Waals surface area contributed by atoms with Crippen LogP contribution >= 0.6 is 0 Å². The van der Waals surface area contributed by atoms with Gasteiger partial charge in [0, 0.05) is 35.5 Å². The van der Waals surface area contributed by atoms with Crippen LogP contribution in [0.3, 0.4) is 0 Å². The maximum Gasteiger partial charge on any atom is 0.412 e. The highest BCUT2D eigenvalue weighted by Crippen LogP contribution is 2.41. The van der Waals surface area contributed by atoms with Crippen molar-refractivity contribution in [3.8, 4) is 11.5 Å². The minimum atomic E-state index is -1.15. The second-order valence-electron chi connectivity index (χ2n) is 8.16. The fourth-order valence-electron chi connectivity index (χ4n) is 4.50. The van der Waals surface area contributed by atoms with E-state index in [-0.39, 0.29) is 17.0 Å².